The highest BCUT2D eigenvalue weighted by atomic mass is 28.4. The molecule has 0 radical (unpaired) electrons. The second kappa shape index (κ2) is 19.1. The fourth-order valence-corrected chi connectivity index (χ4v) is 21.3. The highest BCUT2D eigenvalue weighted by molar-refractivity contribution is 7.00. The Hall–Kier alpha value is -3.89. The van der Waals surface area contributed by atoms with Gasteiger partial charge in [-0.3, -0.25) is 0 Å². The van der Waals surface area contributed by atoms with Crippen LogP contribution < -0.4 is 20.7 Å². The van der Waals surface area contributed by atoms with Crippen molar-refractivity contribution < 1.29 is 18.7 Å². The van der Waals surface area contributed by atoms with Crippen LogP contribution in [0.15, 0.2) is 169 Å². The van der Waals surface area contributed by atoms with Crippen molar-refractivity contribution in [2.24, 2.45) is 17.3 Å². The third-order valence-corrected chi connectivity index (χ3v) is 25.1. The Morgan fingerprint density at radius 1 is 0.703 bits per heavy atom. The molecule has 1 N–H and O–H groups in total. The van der Waals surface area contributed by atoms with Crippen molar-refractivity contribution in [1.82, 2.24) is 0 Å². The van der Waals surface area contributed by atoms with Gasteiger partial charge in [0, 0.05) is 6.42 Å². The zero-order valence-corrected chi connectivity index (χ0v) is 42.5. The van der Waals surface area contributed by atoms with Crippen LogP contribution in [0.5, 0.6) is 0 Å². The first-order valence-electron chi connectivity index (χ1n) is 23.9. The molecule has 3 aliphatic rings. The monoisotopic (exact) mass is 893 g/mol. The minimum atomic E-state index is -2.96. The topological polar surface area (TPSA) is 47.9 Å². The van der Waals surface area contributed by atoms with Crippen molar-refractivity contribution in [3.63, 3.8) is 0 Å². The molecule has 4 aromatic carbocycles. The van der Waals surface area contributed by atoms with Crippen molar-refractivity contribution in [2.45, 2.75) is 135 Å². The molecule has 0 spiro atoms. The number of rotatable bonds is 14. The van der Waals surface area contributed by atoms with E-state index in [0.29, 0.717) is 25.0 Å². The van der Waals surface area contributed by atoms with Crippen LogP contribution in [0.2, 0.25) is 10.1 Å². The summed E-state index contributed by atoms with van der Waals surface area (Å²) in [5.74, 6) is 0.882. The molecule has 0 unspecified atom stereocenters. The summed E-state index contributed by atoms with van der Waals surface area (Å²) in [6, 6.07) is 44.2. The van der Waals surface area contributed by atoms with E-state index in [1.165, 1.54) is 38.3 Å². The average molecular weight is 893 g/mol. The van der Waals surface area contributed by atoms with Gasteiger partial charge in [0.05, 0.1) is 31.0 Å². The van der Waals surface area contributed by atoms with E-state index in [-0.39, 0.29) is 27.7 Å². The van der Waals surface area contributed by atoms with Crippen molar-refractivity contribution in [2.75, 3.05) is 13.2 Å². The number of fused-ring (bicyclic) bond motifs is 1. The summed E-state index contributed by atoms with van der Waals surface area (Å²) in [4.78, 5) is 0. The Morgan fingerprint density at radius 2 is 1.17 bits per heavy atom. The minimum Gasteiger partial charge on any atom is -0.404 e. The van der Waals surface area contributed by atoms with Gasteiger partial charge in [-0.1, -0.05) is 201 Å². The standard InChI is InChI=1S/C58H76O4Si2/c1-43(41-60-42-57(9,10)59)52-36-37-53-45(25-24-38-58(52,53)11)34-35-46-39-47(61-63(55(3,4)5,48-26-16-12-17-27-48)49-28-18-13-19-29-49)40-54(44(46)2)62-64(56(6,7)8,50-30-20-14-21-31-50)51-32-22-15-23-33-51/h12-23,26-35,47,52-54,59H,1-2,24-25,36-42H2,3-11H3/b45-34+,46-35+/t47-,52-,53+,54+,58-/m1/s1. The van der Waals surface area contributed by atoms with Crippen molar-refractivity contribution >= 4 is 37.4 Å². The van der Waals surface area contributed by atoms with Gasteiger partial charge in [-0.2, -0.15) is 0 Å². The number of hydrogen-bond donors (Lipinski definition) is 1. The van der Waals surface area contributed by atoms with Crippen molar-refractivity contribution in [1.29, 1.82) is 0 Å². The number of ether oxygens (including phenoxy) is 1. The molecule has 4 nitrogen and oxygen atoms in total. The second-order valence-corrected chi connectivity index (χ2v) is 30.6. The predicted molar refractivity (Wildman–Crippen MR) is 274 cm³/mol. The highest BCUT2D eigenvalue weighted by Gasteiger charge is 2.55. The van der Waals surface area contributed by atoms with Crippen LogP contribution in [-0.4, -0.2) is 52.8 Å². The molecule has 3 saturated carbocycles. The molecule has 0 aliphatic heterocycles. The first-order chi connectivity index (χ1) is 30.3. The summed E-state index contributed by atoms with van der Waals surface area (Å²) in [6.45, 7) is 30.7. The Balaban J connectivity index is 1.32. The number of allylic oxidation sites excluding steroid dienone is 3. The molecule has 0 aromatic heterocycles. The lowest BCUT2D eigenvalue weighted by atomic mass is 9.62. The van der Waals surface area contributed by atoms with Gasteiger partial charge in [-0.25, -0.2) is 0 Å². The zero-order chi connectivity index (χ0) is 46.0. The molecule has 7 rings (SSSR count). The van der Waals surface area contributed by atoms with Gasteiger partial charge in [-0.05, 0) is 117 Å². The molecular formula is C58H76O4Si2. The quantitative estimate of drug-likeness (QED) is 0.101. The van der Waals surface area contributed by atoms with Gasteiger partial charge in [0.2, 0.25) is 0 Å². The van der Waals surface area contributed by atoms with Gasteiger partial charge in [0.15, 0.2) is 0 Å². The largest absolute Gasteiger partial charge is 0.404 e. The molecule has 0 bridgehead atoms. The van der Waals surface area contributed by atoms with E-state index in [9.17, 15) is 5.11 Å². The summed E-state index contributed by atoms with van der Waals surface area (Å²) in [5, 5.41) is 15.1. The lowest BCUT2D eigenvalue weighted by Crippen LogP contribution is -2.69. The fraction of sp³-hybridized carbons (Fsp3) is 0.448. The predicted octanol–water partition coefficient (Wildman–Crippen LogP) is 11.6. The Morgan fingerprint density at radius 3 is 1.62 bits per heavy atom. The van der Waals surface area contributed by atoms with E-state index in [2.05, 4.69) is 189 Å². The van der Waals surface area contributed by atoms with E-state index in [1.807, 2.05) is 0 Å². The van der Waals surface area contributed by atoms with Crippen LogP contribution in [0, 0.1) is 17.3 Å². The summed E-state index contributed by atoms with van der Waals surface area (Å²) >= 11 is 0. The Kier molecular flexibility index (Phi) is 14.4. The third kappa shape index (κ3) is 9.66. The van der Waals surface area contributed by atoms with Crippen LogP contribution in [0.4, 0.5) is 0 Å². The number of hydrogen-bond acceptors (Lipinski definition) is 4. The molecule has 0 heterocycles. The van der Waals surface area contributed by atoms with Gasteiger partial charge in [0.25, 0.3) is 16.6 Å². The smallest absolute Gasteiger partial charge is 0.261 e. The van der Waals surface area contributed by atoms with Crippen LogP contribution >= 0.6 is 0 Å². The molecule has 3 aliphatic carbocycles. The average Bonchev–Trinajstić information content (AvgIpc) is 3.62. The lowest BCUT2D eigenvalue weighted by Gasteiger charge is -2.49. The molecule has 3 fully saturated rings. The first-order valence-corrected chi connectivity index (χ1v) is 27.8. The van der Waals surface area contributed by atoms with Crippen LogP contribution in [0.25, 0.3) is 0 Å². The maximum Gasteiger partial charge on any atom is 0.261 e. The van der Waals surface area contributed by atoms with E-state index in [1.54, 1.807) is 19.4 Å². The summed E-state index contributed by atoms with van der Waals surface area (Å²) in [7, 11) is -5.87. The fourth-order valence-electron chi connectivity index (χ4n) is 11.9. The van der Waals surface area contributed by atoms with E-state index in [4.69, 9.17) is 20.2 Å². The highest BCUT2D eigenvalue weighted by Crippen LogP contribution is 2.59. The SMILES string of the molecule is C=C1/C(=C/C=C2\CCC[C@]3(C)[C@@H](C(=C)COCC(C)(C)O)CC[C@@H]23)C[C@@H](O[Si](c2ccccc2)(c2ccccc2)C(C)(C)C)C[C@@H]1O[Si](c1ccccc1)(c1ccccc1)C(C)(C)C. The van der Waals surface area contributed by atoms with Gasteiger partial charge in [-0.15, -0.1) is 0 Å². The van der Waals surface area contributed by atoms with Crippen LogP contribution in [0.1, 0.15) is 107 Å². The Bertz CT molecular complexity index is 2180. The Labute approximate surface area is 388 Å². The second-order valence-electron chi connectivity index (χ2n) is 22.1. The van der Waals surface area contributed by atoms with E-state index >= 15 is 0 Å². The third-order valence-electron chi connectivity index (χ3n) is 14.9. The van der Waals surface area contributed by atoms with Crippen molar-refractivity contribution in [3.05, 3.63) is 169 Å². The maximum atomic E-state index is 10.3. The summed E-state index contributed by atoms with van der Waals surface area (Å²) < 4.78 is 22.1. The van der Waals surface area contributed by atoms with Crippen molar-refractivity contribution in [3.8, 4) is 0 Å². The molecule has 5 atom stereocenters. The molecule has 340 valence electrons. The molecular weight excluding hydrogens is 817 g/mol. The number of benzene rings is 4. The minimum absolute atomic E-state index is 0.107. The molecule has 0 saturated heterocycles. The van der Waals surface area contributed by atoms with E-state index < -0.39 is 22.2 Å². The lowest BCUT2D eigenvalue weighted by molar-refractivity contribution is -0.0170. The summed E-state index contributed by atoms with van der Waals surface area (Å²) in [6.07, 6.45) is 11.8. The number of aliphatic hydroxyl groups is 1. The van der Waals surface area contributed by atoms with Gasteiger partial charge < -0.3 is 18.7 Å². The van der Waals surface area contributed by atoms with Crippen LogP contribution in [0.3, 0.4) is 0 Å². The van der Waals surface area contributed by atoms with Gasteiger partial charge >= 0.3 is 0 Å². The zero-order valence-electron chi connectivity index (χ0n) is 40.5. The molecule has 6 heteroatoms. The van der Waals surface area contributed by atoms with Gasteiger partial charge in [0.1, 0.15) is 0 Å². The normalized spacial score (nSPS) is 24.8. The first kappa shape index (κ1) is 48.1. The van der Waals surface area contributed by atoms with E-state index in [0.717, 1.165) is 44.1 Å². The van der Waals surface area contributed by atoms with Crippen LogP contribution in [-0.2, 0) is 13.6 Å². The molecule has 4 aromatic rings. The molecule has 0 amide bonds. The molecule has 64 heavy (non-hydrogen) atoms. The maximum absolute atomic E-state index is 10.3. The summed E-state index contributed by atoms with van der Waals surface area (Å²) in [5.41, 5.74) is 4.29.